The van der Waals surface area contributed by atoms with Crippen molar-refractivity contribution >= 4 is 11.8 Å². The third-order valence-electron chi connectivity index (χ3n) is 3.72. The van der Waals surface area contributed by atoms with Crippen LogP contribution < -0.4 is 0 Å². The Kier molecular flexibility index (Phi) is 3.18. The summed E-state index contributed by atoms with van der Waals surface area (Å²) in [5, 5.41) is 0. The summed E-state index contributed by atoms with van der Waals surface area (Å²) in [5.41, 5.74) is 0.510. The van der Waals surface area contributed by atoms with E-state index in [0.717, 1.165) is 31.3 Å². The van der Waals surface area contributed by atoms with Crippen LogP contribution in [-0.2, 0) is 14.3 Å². The van der Waals surface area contributed by atoms with E-state index in [-0.39, 0.29) is 11.8 Å². The van der Waals surface area contributed by atoms with E-state index in [1.807, 2.05) is 6.08 Å². The predicted octanol–water partition coefficient (Wildman–Crippen LogP) is 2.56. The lowest BCUT2D eigenvalue weighted by molar-refractivity contribution is -0.153. The fraction of sp³-hybridized carbons (Fsp3) is 0.571. The summed E-state index contributed by atoms with van der Waals surface area (Å²) in [5.74, 6) is 0.196. The number of ether oxygens (including phenoxy) is 1. The van der Waals surface area contributed by atoms with Gasteiger partial charge in [0.05, 0.1) is 0 Å². The first-order valence-electron chi connectivity index (χ1n) is 6.13. The molecule has 2 atom stereocenters. The minimum atomic E-state index is -0.531. The zero-order valence-electron chi connectivity index (χ0n) is 10.2. The van der Waals surface area contributed by atoms with Crippen LogP contribution in [0.25, 0.3) is 0 Å². The molecule has 0 aromatic rings. The van der Waals surface area contributed by atoms with Crippen LogP contribution in [-0.4, -0.2) is 17.4 Å². The first-order chi connectivity index (χ1) is 8.07. The van der Waals surface area contributed by atoms with Gasteiger partial charge in [-0.25, -0.2) is 0 Å². The smallest absolute Gasteiger partial charge is 0.303 e. The van der Waals surface area contributed by atoms with Gasteiger partial charge in [-0.3, -0.25) is 9.59 Å². The molecule has 0 amide bonds. The Balaban J connectivity index is 2.26. The van der Waals surface area contributed by atoms with Crippen molar-refractivity contribution in [3.05, 3.63) is 24.3 Å². The highest BCUT2D eigenvalue weighted by Crippen LogP contribution is 2.49. The molecule has 2 rings (SSSR count). The van der Waals surface area contributed by atoms with Gasteiger partial charge >= 0.3 is 5.97 Å². The van der Waals surface area contributed by atoms with Gasteiger partial charge in [0.2, 0.25) is 0 Å². The maximum atomic E-state index is 11.5. The van der Waals surface area contributed by atoms with Crippen molar-refractivity contribution in [2.45, 2.75) is 44.6 Å². The van der Waals surface area contributed by atoms with E-state index in [2.05, 4.69) is 6.58 Å². The molecule has 2 aliphatic carbocycles. The van der Waals surface area contributed by atoms with Crippen LogP contribution in [0.4, 0.5) is 0 Å². The third kappa shape index (κ3) is 2.19. The summed E-state index contributed by atoms with van der Waals surface area (Å²) >= 11 is 0. The molecule has 92 valence electrons. The molecular formula is C14H18O3. The molecule has 2 aliphatic rings. The standard InChI is InChI=1S/C14H18O3/c1-3-4-6-14(17-10(2)15)7-5-11-8-12(16)9-13(11)14/h3,9,11H,1,4-8H2,2H3/t11-,14-/m1/s1. The number of carbonyl (C=O) groups is 2. The van der Waals surface area contributed by atoms with Crippen LogP contribution in [0.15, 0.2) is 24.3 Å². The molecule has 1 fully saturated rings. The summed E-state index contributed by atoms with van der Waals surface area (Å²) in [6, 6.07) is 0. The Labute approximate surface area is 102 Å². The monoisotopic (exact) mass is 234 g/mol. The Morgan fingerprint density at radius 1 is 1.71 bits per heavy atom. The lowest BCUT2D eigenvalue weighted by Crippen LogP contribution is -2.33. The topological polar surface area (TPSA) is 43.4 Å². The quantitative estimate of drug-likeness (QED) is 0.554. The van der Waals surface area contributed by atoms with E-state index in [1.54, 1.807) is 6.08 Å². The zero-order valence-corrected chi connectivity index (χ0v) is 10.2. The van der Waals surface area contributed by atoms with Crippen molar-refractivity contribution in [1.82, 2.24) is 0 Å². The number of hydrogen-bond acceptors (Lipinski definition) is 3. The van der Waals surface area contributed by atoms with Crippen molar-refractivity contribution in [3.8, 4) is 0 Å². The Morgan fingerprint density at radius 3 is 3.12 bits per heavy atom. The van der Waals surface area contributed by atoms with Crippen LogP contribution in [0.3, 0.4) is 0 Å². The largest absolute Gasteiger partial charge is 0.455 e. The second-order valence-electron chi connectivity index (χ2n) is 4.92. The molecule has 0 unspecified atom stereocenters. The van der Waals surface area contributed by atoms with Gasteiger partial charge in [-0.05, 0) is 43.3 Å². The molecule has 0 bridgehead atoms. The molecule has 17 heavy (non-hydrogen) atoms. The third-order valence-corrected chi connectivity index (χ3v) is 3.72. The number of esters is 1. The van der Waals surface area contributed by atoms with Crippen molar-refractivity contribution < 1.29 is 14.3 Å². The Bertz CT molecular complexity index is 394. The Morgan fingerprint density at radius 2 is 2.47 bits per heavy atom. The summed E-state index contributed by atoms with van der Waals surface area (Å²) in [6.45, 7) is 5.14. The van der Waals surface area contributed by atoms with E-state index >= 15 is 0 Å². The van der Waals surface area contributed by atoms with Crippen LogP contribution in [0.1, 0.15) is 39.0 Å². The maximum absolute atomic E-state index is 11.5. The van der Waals surface area contributed by atoms with Crippen LogP contribution in [0.2, 0.25) is 0 Å². The van der Waals surface area contributed by atoms with Gasteiger partial charge in [-0.15, -0.1) is 6.58 Å². The highest BCUT2D eigenvalue weighted by Gasteiger charge is 2.48. The molecule has 0 N–H and O–H groups in total. The van der Waals surface area contributed by atoms with E-state index in [9.17, 15) is 9.59 Å². The minimum absolute atomic E-state index is 0.167. The number of allylic oxidation sites excluding steroid dienone is 2. The first-order valence-corrected chi connectivity index (χ1v) is 6.13. The number of fused-ring (bicyclic) bond motifs is 1. The summed E-state index contributed by atoms with van der Waals surface area (Å²) in [4.78, 5) is 22.7. The number of carbonyl (C=O) groups excluding carboxylic acids is 2. The average Bonchev–Trinajstić information content (AvgIpc) is 2.75. The predicted molar refractivity (Wildman–Crippen MR) is 64.4 cm³/mol. The summed E-state index contributed by atoms with van der Waals surface area (Å²) in [7, 11) is 0. The van der Waals surface area contributed by atoms with Crippen molar-refractivity contribution in [1.29, 1.82) is 0 Å². The van der Waals surface area contributed by atoms with Gasteiger partial charge in [-0.2, -0.15) is 0 Å². The van der Waals surface area contributed by atoms with Gasteiger partial charge in [0.1, 0.15) is 5.60 Å². The molecule has 3 nitrogen and oxygen atoms in total. The second kappa shape index (κ2) is 4.47. The normalized spacial score (nSPS) is 31.0. The molecular weight excluding hydrogens is 216 g/mol. The van der Waals surface area contributed by atoms with Crippen LogP contribution in [0, 0.1) is 5.92 Å². The lowest BCUT2D eigenvalue weighted by Gasteiger charge is -2.30. The lowest BCUT2D eigenvalue weighted by atomic mass is 9.90. The number of ketones is 1. The fourth-order valence-electron chi connectivity index (χ4n) is 3.06. The zero-order chi connectivity index (χ0) is 12.5. The molecule has 0 spiro atoms. The van der Waals surface area contributed by atoms with Gasteiger partial charge in [-0.1, -0.05) is 6.08 Å². The SMILES string of the molecule is C=CCC[C@@]1(OC(C)=O)CC[C@@H]2CC(=O)C=C21. The molecule has 0 aliphatic heterocycles. The van der Waals surface area contributed by atoms with E-state index in [0.29, 0.717) is 12.3 Å². The molecule has 0 heterocycles. The summed E-state index contributed by atoms with van der Waals surface area (Å²) in [6.07, 6.45) is 7.44. The van der Waals surface area contributed by atoms with Crippen LogP contribution >= 0.6 is 0 Å². The van der Waals surface area contributed by atoms with Gasteiger partial charge in [0.15, 0.2) is 5.78 Å². The molecule has 3 heteroatoms. The fourth-order valence-corrected chi connectivity index (χ4v) is 3.06. The molecule has 0 radical (unpaired) electrons. The second-order valence-corrected chi connectivity index (χ2v) is 4.92. The molecule has 0 aromatic carbocycles. The average molecular weight is 234 g/mol. The molecule has 0 aromatic heterocycles. The van der Waals surface area contributed by atoms with E-state index in [4.69, 9.17) is 4.74 Å². The Hall–Kier alpha value is -1.38. The minimum Gasteiger partial charge on any atom is -0.455 e. The van der Waals surface area contributed by atoms with Crippen molar-refractivity contribution in [3.63, 3.8) is 0 Å². The van der Waals surface area contributed by atoms with Gasteiger partial charge in [0.25, 0.3) is 0 Å². The highest BCUT2D eigenvalue weighted by molar-refractivity contribution is 5.94. The van der Waals surface area contributed by atoms with Gasteiger partial charge < -0.3 is 4.74 Å². The first kappa shape index (κ1) is 12.1. The number of hydrogen-bond donors (Lipinski definition) is 0. The van der Waals surface area contributed by atoms with Crippen molar-refractivity contribution in [2.24, 2.45) is 5.92 Å². The van der Waals surface area contributed by atoms with E-state index in [1.165, 1.54) is 6.92 Å². The van der Waals surface area contributed by atoms with Crippen molar-refractivity contribution in [2.75, 3.05) is 0 Å². The molecule has 0 saturated heterocycles. The number of rotatable bonds is 4. The van der Waals surface area contributed by atoms with Crippen LogP contribution in [0.5, 0.6) is 0 Å². The van der Waals surface area contributed by atoms with Gasteiger partial charge in [0, 0.05) is 13.3 Å². The maximum Gasteiger partial charge on any atom is 0.303 e. The highest BCUT2D eigenvalue weighted by atomic mass is 16.6. The summed E-state index contributed by atoms with van der Waals surface area (Å²) < 4.78 is 5.56. The van der Waals surface area contributed by atoms with E-state index < -0.39 is 5.60 Å². The molecule has 1 saturated carbocycles.